The molecule has 11 heteroatoms. The standard InChI is InChI=1S/C31H28BrClF2N2O4S/c1-21(37(29-20-25(34)13-16-28(29)35)42(39,40)26-14-11-24(33)12-15-26)27-9-3-4-10-30(27)41-18-6-17-36(2)31(38)22-7-5-8-23(32)19-22/h3-5,7-16,19-21H,6,17-18H2,1-2H3. The molecular formula is C31H28BrClF2N2O4S. The predicted octanol–water partition coefficient (Wildman–Crippen LogP) is 7.88. The molecule has 1 unspecified atom stereocenters. The Balaban J connectivity index is 1.57. The van der Waals surface area contributed by atoms with Crippen LogP contribution < -0.4 is 9.04 Å². The number of hydrogen-bond donors (Lipinski definition) is 0. The molecule has 6 nitrogen and oxygen atoms in total. The molecule has 4 aromatic carbocycles. The average molecular weight is 678 g/mol. The smallest absolute Gasteiger partial charge is 0.264 e. The van der Waals surface area contributed by atoms with Crippen LogP contribution in [-0.2, 0) is 10.0 Å². The minimum absolute atomic E-state index is 0.134. The highest BCUT2D eigenvalue weighted by molar-refractivity contribution is 9.10. The number of nitrogens with zero attached hydrogens (tertiary/aromatic N) is 2. The molecule has 0 bridgehead atoms. The molecule has 0 radical (unpaired) electrons. The van der Waals surface area contributed by atoms with Gasteiger partial charge in [-0.05, 0) is 74.0 Å². The van der Waals surface area contributed by atoms with E-state index >= 15 is 4.39 Å². The number of amides is 1. The summed E-state index contributed by atoms with van der Waals surface area (Å²) in [5.74, 6) is -1.46. The molecule has 0 saturated carbocycles. The first kappa shape index (κ1) is 31.5. The maximum absolute atomic E-state index is 15.1. The Morgan fingerprint density at radius 1 is 0.976 bits per heavy atom. The number of rotatable bonds is 11. The van der Waals surface area contributed by atoms with E-state index in [0.29, 0.717) is 34.9 Å². The van der Waals surface area contributed by atoms with E-state index in [0.717, 1.165) is 27.0 Å². The van der Waals surface area contributed by atoms with Crippen LogP contribution in [0.1, 0.15) is 35.3 Å². The monoisotopic (exact) mass is 676 g/mol. The van der Waals surface area contributed by atoms with Gasteiger partial charge in [-0.1, -0.05) is 51.8 Å². The third kappa shape index (κ3) is 7.29. The topological polar surface area (TPSA) is 66.9 Å². The van der Waals surface area contributed by atoms with Gasteiger partial charge in [0.25, 0.3) is 15.9 Å². The quantitative estimate of drug-likeness (QED) is 0.152. The van der Waals surface area contributed by atoms with Crippen molar-refractivity contribution in [2.45, 2.75) is 24.3 Å². The van der Waals surface area contributed by atoms with Crippen molar-refractivity contribution in [2.75, 3.05) is 24.5 Å². The Bertz CT molecular complexity index is 1670. The summed E-state index contributed by atoms with van der Waals surface area (Å²) in [7, 11) is -2.68. The lowest BCUT2D eigenvalue weighted by Crippen LogP contribution is -2.34. The molecule has 0 N–H and O–H groups in total. The van der Waals surface area contributed by atoms with Crippen LogP contribution in [0.25, 0.3) is 0 Å². The SMILES string of the molecule is CC(c1ccccc1OCCCN(C)C(=O)c1cccc(Br)c1)N(c1cc(F)ccc1F)S(=O)(=O)c1ccc(Cl)cc1. The van der Waals surface area contributed by atoms with E-state index in [1.807, 2.05) is 6.07 Å². The van der Waals surface area contributed by atoms with Crippen molar-refractivity contribution < 1.29 is 26.7 Å². The molecule has 0 spiro atoms. The van der Waals surface area contributed by atoms with Crippen LogP contribution in [0.15, 0.2) is 100 Å². The molecule has 0 aliphatic heterocycles. The molecule has 0 saturated heterocycles. The van der Waals surface area contributed by atoms with Gasteiger partial charge in [0.2, 0.25) is 0 Å². The summed E-state index contributed by atoms with van der Waals surface area (Å²) >= 11 is 9.33. The molecule has 1 amide bonds. The lowest BCUT2D eigenvalue weighted by Gasteiger charge is -2.32. The third-order valence-electron chi connectivity index (χ3n) is 6.55. The van der Waals surface area contributed by atoms with E-state index in [9.17, 15) is 17.6 Å². The van der Waals surface area contributed by atoms with Crippen molar-refractivity contribution in [1.29, 1.82) is 0 Å². The number of carbonyl (C=O) groups is 1. The fourth-order valence-corrected chi connectivity index (χ4v) is 6.59. The Morgan fingerprint density at radius 3 is 2.40 bits per heavy atom. The van der Waals surface area contributed by atoms with Gasteiger partial charge in [-0.2, -0.15) is 0 Å². The zero-order chi connectivity index (χ0) is 30.4. The van der Waals surface area contributed by atoms with Crippen molar-refractivity contribution >= 4 is 49.1 Å². The fraction of sp³-hybridized carbons (Fsp3) is 0.194. The molecule has 0 aliphatic carbocycles. The van der Waals surface area contributed by atoms with Gasteiger partial charge in [0, 0.05) is 40.3 Å². The van der Waals surface area contributed by atoms with Crippen LogP contribution in [0.4, 0.5) is 14.5 Å². The zero-order valence-electron chi connectivity index (χ0n) is 22.8. The largest absolute Gasteiger partial charge is 0.493 e. The molecular weight excluding hydrogens is 650 g/mol. The van der Waals surface area contributed by atoms with Gasteiger partial charge < -0.3 is 9.64 Å². The number of sulfonamides is 1. The van der Waals surface area contributed by atoms with Gasteiger partial charge in [-0.3, -0.25) is 9.10 Å². The van der Waals surface area contributed by atoms with Crippen LogP contribution in [-0.4, -0.2) is 39.4 Å². The molecule has 42 heavy (non-hydrogen) atoms. The summed E-state index contributed by atoms with van der Waals surface area (Å²) in [4.78, 5) is 14.2. The van der Waals surface area contributed by atoms with Gasteiger partial charge in [0.1, 0.15) is 17.4 Å². The van der Waals surface area contributed by atoms with Crippen molar-refractivity contribution in [1.82, 2.24) is 4.90 Å². The summed E-state index contributed by atoms with van der Waals surface area (Å²) in [6.07, 6.45) is 0.490. The van der Waals surface area contributed by atoms with Crippen molar-refractivity contribution in [3.8, 4) is 5.75 Å². The number of para-hydroxylation sites is 1. The Morgan fingerprint density at radius 2 is 1.69 bits per heavy atom. The normalized spacial score (nSPS) is 12.0. The van der Waals surface area contributed by atoms with Crippen LogP contribution in [0.3, 0.4) is 0 Å². The molecule has 220 valence electrons. The Kier molecular flexibility index (Phi) is 10.2. The van der Waals surface area contributed by atoms with E-state index < -0.39 is 33.4 Å². The van der Waals surface area contributed by atoms with E-state index in [1.54, 1.807) is 61.3 Å². The van der Waals surface area contributed by atoms with Gasteiger partial charge in [-0.15, -0.1) is 0 Å². The number of anilines is 1. The number of hydrogen-bond acceptors (Lipinski definition) is 4. The molecule has 0 aromatic heterocycles. The highest BCUT2D eigenvalue weighted by atomic mass is 79.9. The second kappa shape index (κ2) is 13.7. The van der Waals surface area contributed by atoms with Gasteiger partial charge >= 0.3 is 0 Å². The van der Waals surface area contributed by atoms with E-state index in [1.165, 1.54) is 24.3 Å². The average Bonchev–Trinajstić information content (AvgIpc) is 2.97. The predicted molar refractivity (Wildman–Crippen MR) is 164 cm³/mol. The van der Waals surface area contributed by atoms with Gasteiger partial charge in [-0.25, -0.2) is 17.2 Å². The minimum Gasteiger partial charge on any atom is -0.493 e. The summed E-state index contributed by atoms with van der Waals surface area (Å²) in [6, 6.07) is 21.0. The highest BCUT2D eigenvalue weighted by Crippen LogP contribution is 2.38. The van der Waals surface area contributed by atoms with Crippen LogP contribution >= 0.6 is 27.5 Å². The van der Waals surface area contributed by atoms with Gasteiger partial charge in [0.15, 0.2) is 0 Å². The highest BCUT2D eigenvalue weighted by Gasteiger charge is 2.34. The van der Waals surface area contributed by atoms with Gasteiger partial charge in [0.05, 0.1) is 23.2 Å². The molecule has 4 rings (SSSR count). The van der Waals surface area contributed by atoms with Crippen molar-refractivity contribution in [2.24, 2.45) is 0 Å². The van der Waals surface area contributed by atoms with Crippen LogP contribution in [0, 0.1) is 11.6 Å². The molecule has 1 atom stereocenters. The zero-order valence-corrected chi connectivity index (χ0v) is 26.0. The summed E-state index contributed by atoms with van der Waals surface area (Å²) in [5, 5.41) is 0.327. The van der Waals surface area contributed by atoms with E-state index in [-0.39, 0.29) is 17.4 Å². The fourth-order valence-electron chi connectivity index (χ4n) is 4.43. The minimum atomic E-state index is -4.38. The van der Waals surface area contributed by atoms with Crippen molar-refractivity contribution in [3.05, 3.63) is 123 Å². The second-order valence-corrected chi connectivity index (χ2v) is 12.7. The number of halogens is 4. The summed E-state index contributed by atoms with van der Waals surface area (Å²) in [6.45, 7) is 2.21. The van der Waals surface area contributed by atoms with E-state index in [2.05, 4.69) is 15.9 Å². The number of benzene rings is 4. The molecule has 0 aliphatic rings. The van der Waals surface area contributed by atoms with Crippen LogP contribution in [0.5, 0.6) is 5.75 Å². The number of carbonyl (C=O) groups excluding carboxylic acids is 1. The first-order valence-corrected chi connectivity index (χ1v) is 15.6. The second-order valence-electron chi connectivity index (χ2n) is 9.50. The third-order valence-corrected chi connectivity index (χ3v) is 9.19. The maximum Gasteiger partial charge on any atom is 0.264 e. The Labute approximate surface area is 257 Å². The Hall–Kier alpha value is -3.47. The maximum atomic E-state index is 15.1. The molecule has 4 aromatic rings. The first-order chi connectivity index (χ1) is 20.0. The van der Waals surface area contributed by atoms with Crippen LogP contribution in [0.2, 0.25) is 5.02 Å². The summed E-state index contributed by atoms with van der Waals surface area (Å²) < 4.78 is 64.8. The van der Waals surface area contributed by atoms with Crippen molar-refractivity contribution in [3.63, 3.8) is 0 Å². The van der Waals surface area contributed by atoms with E-state index in [4.69, 9.17) is 16.3 Å². The molecule has 0 fully saturated rings. The summed E-state index contributed by atoms with van der Waals surface area (Å²) in [5.41, 5.74) is 0.552. The lowest BCUT2D eigenvalue weighted by atomic mass is 10.1. The molecule has 0 heterocycles. The lowest BCUT2D eigenvalue weighted by molar-refractivity contribution is 0.0787. The first-order valence-electron chi connectivity index (χ1n) is 13.0. The number of ether oxygens (including phenoxy) is 1.